The second-order valence-electron chi connectivity index (χ2n) is 11.3. The van der Waals surface area contributed by atoms with Gasteiger partial charge in [-0.25, -0.2) is 9.97 Å². The highest BCUT2D eigenvalue weighted by molar-refractivity contribution is 6.04. The van der Waals surface area contributed by atoms with Crippen LogP contribution in [0.3, 0.4) is 0 Å². The Morgan fingerprint density at radius 2 is 1.87 bits per heavy atom. The van der Waals surface area contributed by atoms with Crippen molar-refractivity contribution in [1.29, 1.82) is 0 Å². The van der Waals surface area contributed by atoms with E-state index in [1.807, 2.05) is 6.07 Å². The van der Waals surface area contributed by atoms with E-state index in [1.165, 1.54) is 44.9 Å². The molecule has 6 aliphatic rings. The Hall–Kier alpha value is -1.95. The van der Waals surface area contributed by atoms with Crippen molar-refractivity contribution < 1.29 is 4.79 Å². The van der Waals surface area contributed by atoms with Gasteiger partial charge in [0, 0.05) is 23.7 Å². The number of imidazole rings is 1. The van der Waals surface area contributed by atoms with Gasteiger partial charge in [-0.1, -0.05) is 6.42 Å². The number of amides is 1. The van der Waals surface area contributed by atoms with E-state index >= 15 is 0 Å². The minimum Gasteiger partial charge on any atom is -0.347 e. The first-order valence-corrected chi connectivity index (χ1v) is 12.0. The van der Waals surface area contributed by atoms with Crippen molar-refractivity contribution in [2.24, 2.45) is 35.3 Å². The number of rotatable bonds is 3. The zero-order chi connectivity index (χ0) is 20.0. The van der Waals surface area contributed by atoms with Gasteiger partial charge < -0.3 is 16.0 Å². The first kappa shape index (κ1) is 17.7. The number of carbonyl (C=O) groups is 1. The zero-order valence-corrected chi connectivity index (χ0v) is 17.4. The summed E-state index contributed by atoms with van der Waals surface area (Å²) in [5.74, 6) is 5.21. The van der Waals surface area contributed by atoms with Gasteiger partial charge in [-0.05, 0) is 87.0 Å². The second kappa shape index (κ2) is 6.06. The fraction of sp³-hybridized carbons (Fsp3) is 0.708. The Labute approximate surface area is 176 Å². The summed E-state index contributed by atoms with van der Waals surface area (Å²) in [6, 6.07) is 1.92. The van der Waals surface area contributed by atoms with E-state index in [1.54, 1.807) is 6.20 Å². The molecule has 0 saturated heterocycles. The molecule has 4 N–H and O–H groups in total. The number of nitrogens with one attached hydrogen (secondary N) is 2. The van der Waals surface area contributed by atoms with Gasteiger partial charge in [0.15, 0.2) is 5.65 Å². The highest BCUT2D eigenvalue weighted by atomic mass is 16.1. The molecule has 30 heavy (non-hydrogen) atoms. The molecule has 6 nitrogen and oxygen atoms in total. The molecule has 6 unspecified atom stereocenters. The van der Waals surface area contributed by atoms with Crippen molar-refractivity contribution in [3.05, 3.63) is 23.7 Å². The molecule has 6 saturated carbocycles. The standard InChI is InChI=1S/C24H31N5O/c25-24-10-13-5-14(11-24)8-16(7-13)20(24)28-23(30)17-3-4-26-22-19(17)27-21(29-22)18-9-12-1-2-15(18)6-12/h3-4,12-16,18,20H,1-2,5-11,25H2,(H,28,30)(H,26,27,29). The molecule has 2 heterocycles. The second-order valence-corrected chi connectivity index (χ2v) is 11.3. The average Bonchev–Trinajstić information content (AvgIpc) is 3.44. The molecule has 1 amide bonds. The number of pyridine rings is 1. The highest BCUT2D eigenvalue weighted by Crippen LogP contribution is 2.55. The van der Waals surface area contributed by atoms with Crippen LogP contribution >= 0.6 is 0 Å². The predicted molar refractivity (Wildman–Crippen MR) is 114 cm³/mol. The third-order valence-electron chi connectivity index (χ3n) is 9.40. The number of carbonyl (C=O) groups excluding carboxylic acids is 1. The van der Waals surface area contributed by atoms with Crippen molar-refractivity contribution in [2.75, 3.05) is 0 Å². The molecule has 0 spiro atoms. The van der Waals surface area contributed by atoms with Crippen LogP contribution in [0.25, 0.3) is 11.2 Å². The van der Waals surface area contributed by atoms with Crippen LogP contribution < -0.4 is 11.1 Å². The Morgan fingerprint density at radius 3 is 2.57 bits per heavy atom. The van der Waals surface area contributed by atoms with E-state index in [0.717, 1.165) is 47.9 Å². The maximum atomic E-state index is 13.4. The lowest BCUT2D eigenvalue weighted by Crippen LogP contribution is -2.70. The van der Waals surface area contributed by atoms with Gasteiger partial charge >= 0.3 is 0 Å². The number of aromatic nitrogens is 3. The van der Waals surface area contributed by atoms with Gasteiger partial charge in [-0.15, -0.1) is 0 Å². The lowest BCUT2D eigenvalue weighted by molar-refractivity contribution is -0.0301. The first-order valence-electron chi connectivity index (χ1n) is 12.0. The van der Waals surface area contributed by atoms with Crippen LogP contribution in [0.15, 0.2) is 12.3 Å². The lowest BCUT2D eigenvalue weighted by atomic mass is 9.51. The predicted octanol–water partition coefficient (Wildman–Crippen LogP) is 3.50. The van der Waals surface area contributed by atoms with Crippen LogP contribution in [0.5, 0.6) is 0 Å². The molecule has 8 rings (SSSR count). The zero-order valence-electron chi connectivity index (χ0n) is 17.4. The van der Waals surface area contributed by atoms with Crippen LogP contribution in [0.4, 0.5) is 0 Å². The van der Waals surface area contributed by atoms with E-state index in [0.29, 0.717) is 23.0 Å². The Morgan fingerprint density at radius 1 is 1.07 bits per heavy atom. The molecular formula is C24H31N5O. The number of aromatic amines is 1. The van der Waals surface area contributed by atoms with E-state index in [-0.39, 0.29) is 17.5 Å². The van der Waals surface area contributed by atoms with Gasteiger partial charge in [-0.2, -0.15) is 0 Å². The summed E-state index contributed by atoms with van der Waals surface area (Å²) in [4.78, 5) is 26.2. The summed E-state index contributed by atoms with van der Waals surface area (Å²) < 4.78 is 0. The van der Waals surface area contributed by atoms with Gasteiger partial charge in [0.1, 0.15) is 5.82 Å². The normalized spacial score (nSPS) is 43.6. The smallest absolute Gasteiger partial charge is 0.253 e. The largest absolute Gasteiger partial charge is 0.347 e. The molecule has 158 valence electrons. The Kier molecular flexibility index (Phi) is 3.57. The minimum absolute atomic E-state index is 0.0205. The topological polar surface area (TPSA) is 96.7 Å². The number of fused-ring (bicyclic) bond motifs is 3. The van der Waals surface area contributed by atoms with E-state index < -0.39 is 0 Å². The molecule has 6 aliphatic carbocycles. The molecule has 0 radical (unpaired) electrons. The number of H-pyrrole nitrogens is 1. The van der Waals surface area contributed by atoms with Crippen molar-refractivity contribution in [2.45, 2.75) is 75.3 Å². The molecule has 2 aromatic heterocycles. The fourth-order valence-electron chi connectivity index (χ4n) is 8.46. The monoisotopic (exact) mass is 405 g/mol. The number of hydrogen-bond donors (Lipinski definition) is 3. The van der Waals surface area contributed by atoms with Gasteiger partial charge in [0.25, 0.3) is 5.91 Å². The van der Waals surface area contributed by atoms with Crippen LogP contribution in [0, 0.1) is 29.6 Å². The van der Waals surface area contributed by atoms with Crippen molar-refractivity contribution in [3.63, 3.8) is 0 Å². The molecule has 6 atom stereocenters. The fourth-order valence-corrected chi connectivity index (χ4v) is 8.46. The van der Waals surface area contributed by atoms with Crippen LogP contribution in [0.1, 0.15) is 79.9 Å². The number of hydrogen-bond acceptors (Lipinski definition) is 4. The molecule has 6 bridgehead atoms. The van der Waals surface area contributed by atoms with Crippen molar-refractivity contribution in [3.8, 4) is 0 Å². The summed E-state index contributed by atoms with van der Waals surface area (Å²) in [6.07, 6.45) is 12.9. The third-order valence-corrected chi connectivity index (χ3v) is 9.40. The summed E-state index contributed by atoms with van der Waals surface area (Å²) in [7, 11) is 0. The van der Waals surface area contributed by atoms with Crippen molar-refractivity contribution in [1.82, 2.24) is 20.3 Å². The van der Waals surface area contributed by atoms with Crippen molar-refractivity contribution >= 4 is 17.1 Å². The molecular weight excluding hydrogens is 374 g/mol. The lowest BCUT2D eigenvalue weighted by Gasteiger charge is -2.59. The molecule has 2 aromatic rings. The van der Waals surface area contributed by atoms with Crippen LogP contribution in [0.2, 0.25) is 0 Å². The summed E-state index contributed by atoms with van der Waals surface area (Å²) in [5, 5.41) is 3.38. The molecule has 6 fully saturated rings. The van der Waals surface area contributed by atoms with Crippen LogP contribution in [-0.4, -0.2) is 32.4 Å². The Balaban J connectivity index is 1.18. The molecule has 0 aromatic carbocycles. The van der Waals surface area contributed by atoms with E-state index in [9.17, 15) is 4.79 Å². The maximum absolute atomic E-state index is 13.4. The van der Waals surface area contributed by atoms with E-state index in [2.05, 4.69) is 15.3 Å². The van der Waals surface area contributed by atoms with Gasteiger partial charge in [0.05, 0.1) is 11.1 Å². The highest BCUT2D eigenvalue weighted by Gasteiger charge is 2.55. The number of nitrogens with two attached hydrogens (primary N) is 1. The van der Waals surface area contributed by atoms with Gasteiger partial charge in [0.2, 0.25) is 0 Å². The quantitative estimate of drug-likeness (QED) is 0.728. The maximum Gasteiger partial charge on any atom is 0.253 e. The molecule has 0 aliphatic heterocycles. The Bertz CT molecular complexity index is 1020. The summed E-state index contributed by atoms with van der Waals surface area (Å²) >= 11 is 0. The summed E-state index contributed by atoms with van der Waals surface area (Å²) in [5.41, 5.74) is 8.79. The third kappa shape index (κ3) is 2.49. The minimum atomic E-state index is -0.223. The SMILES string of the molecule is NC12CC3CC(CC(C3)C1NC(=O)c1ccnc3nc(C4CC5CCC4C5)[nH]c13)C2. The summed E-state index contributed by atoms with van der Waals surface area (Å²) in [6.45, 7) is 0. The number of nitrogens with zero attached hydrogens (tertiary/aromatic N) is 2. The van der Waals surface area contributed by atoms with E-state index in [4.69, 9.17) is 10.7 Å². The average molecular weight is 406 g/mol. The van der Waals surface area contributed by atoms with Gasteiger partial charge in [-0.3, -0.25) is 4.79 Å². The molecule has 6 heteroatoms. The van der Waals surface area contributed by atoms with Crippen LogP contribution in [-0.2, 0) is 0 Å². The first-order chi connectivity index (χ1) is 14.6.